The summed E-state index contributed by atoms with van der Waals surface area (Å²) in [4.78, 5) is 14.2. The molecule has 1 aliphatic heterocycles. The average Bonchev–Trinajstić information content (AvgIpc) is 2.76. The van der Waals surface area contributed by atoms with Crippen LogP contribution in [0, 0.1) is 5.82 Å². The molecule has 3 rings (SSSR count). The minimum atomic E-state index is -0.408. The van der Waals surface area contributed by atoms with E-state index in [0.717, 1.165) is 12.8 Å². The Morgan fingerprint density at radius 3 is 2.57 bits per heavy atom. The maximum absolute atomic E-state index is 14.1. The highest BCUT2D eigenvalue weighted by Gasteiger charge is 2.42. The van der Waals surface area contributed by atoms with Crippen LogP contribution in [0.4, 0.5) is 4.39 Å². The zero-order chi connectivity index (χ0) is 15.0. The van der Waals surface area contributed by atoms with Gasteiger partial charge in [0.1, 0.15) is 12.0 Å². The van der Waals surface area contributed by atoms with Crippen molar-refractivity contribution in [1.82, 2.24) is 10.2 Å². The van der Waals surface area contributed by atoms with Gasteiger partial charge >= 0.3 is 0 Å². The smallest absolute Gasteiger partial charge is 0.241 e. The predicted molar refractivity (Wildman–Crippen MR) is 76.8 cm³/mol. The van der Waals surface area contributed by atoms with Gasteiger partial charge in [-0.3, -0.25) is 10.1 Å². The quantitative estimate of drug-likeness (QED) is 0.876. The van der Waals surface area contributed by atoms with E-state index in [1.54, 1.807) is 23.1 Å². The molecule has 21 heavy (non-hydrogen) atoms. The van der Waals surface area contributed by atoms with Crippen molar-refractivity contribution in [3.05, 3.63) is 35.6 Å². The molecule has 2 unspecified atom stereocenters. The van der Waals surface area contributed by atoms with E-state index >= 15 is 0 Å². The van der Waals surface area contributed by atoms with Gasteiger partial charge in [-0.2, -0.15) is 0 Å². The molecule has 0 aromatic heterocycles. The molecule has 0 radical (unpaired) electrons. The molecule has 1 amide bonds. The van der Waals surface area contributed by atoms with Gasteiger partial charge in [0.05, 0.1) is 12.1 Å². The maximum atomic E-state index is 14.1. The molecule has 1 aromatic carbocycles. The Labute approximate surface area is 124 Å². The topological polar surface area (TPSA) is 52.6 Å². The monoisotopic (exact) mass is 292 g/mol. The van der Waals surface area contributed by atoms with Gasteiger partial charge in [0, 0.05) is 11.6 Å². The van der Waals surface area contributed by atoms with Crippen molar-refractivity contribution < 1.29 is 14.3 Å². The number of hydrogen-bond acceptors (Lipinski definition) is 3. The van der Waals surface area contributed by atoms with E-state index in [2.05, 4.69) is 5.32 Å². The molecule has 2 N–H and O–H groups in total. The third kappa shape index (κ3) is 2.68. The summed E-state index contributed by atoms with van der Waals surface area (Å²) in [7, 11) is 0. The second kappa shape index (κ2) is 5.73. The Morgan fingerprint density at radius 1 is 1.24 bits per heavy atom. The van der Waals surface area contributed by atoms with Gasteiger partial charge in [-0.15, -0.1) is 0 Å². The SMILES string of the molecule is CC1NC(c2ccccc2F)N(C2CCC(O)CC2)C1=O. The van der Waals surface area contributed by atoms with Gasteiger partial charge in [0.15, 0.2) is 0 Å². The molecule has 2 atom stereocenters. The number of carbonyl (C=O) groups excluding carboxylic acids is 1. The number of halogens is 1. The van der Waals surface area contributed by atoms with Gasteiger partial charge < -0.3 is 10.0 Å². The lowest BCUT2D eigenvalue weighted by molar-refractivity contribution is -0.133. The first-order chi connectivity index (χ1) is 10.1. The number of hydrogen-bond donors (Lipinski definition) is 2. The second-order valence-electron chi connectivity index (χ2n) is 6.02. The van der Waals surface area contributed by atoms with Crippen molar-refractivity contribution in [1.29, 1.82) is 0 Å². The Balaban J connectivity index is 1.88. The molecular formula is C16H21FN2O2. The number of nitrogens with one attached hydrogen (secondary N) is 1. The minimum absolute atomic E-state index is 0.0182. The molecule has 5 heteroatoms. The van der Waals surface area contributed by atoms with Crippen molar-refractivity contribution in [3.63, 3.8) is 0 Å². The van der Waals surface area contributed by atoms with Crippen LogP contribution < -0.4 is 5.32 Å². The Morgan fingerprint density at radius 2 is 1.90 bits per heavy atom. The maximum Gasteiger partial charge on any atom is 0.241 e. The Bertz CT molecular complexity index is 529. The number of benzene rings is 1. The van der Waals surface area contributed by atoms with Crippen LogP contribution >= 0.6 is 0 Å². The molecule has 4 nitrogen and oxygen atoms in total. The number of aliphatic hydroxyl groups is 1. The standard InChI is InChI=1S/C16H21FN2O2/c1-10-16(21)19(11-6-8-12(20)9-7-11)15(18-10)13-4-2-3-5-14(13)17/h2-5,10-12,15,18,20H,6-9H2,1H3. The van der Waals surface area contributed by atoms with Gasteiger partial charge in [0.25, 0.3) is 0 Å². The lowest BCUT2D eigenvalue weighted by Crippen LogP contribution is -2.43. The number of nitrogens with zero attached hydrogens (tertiary/aromatic N) is 1. The molecule has 2 fully saturated rings. The van der Waals surface area contributed by atoms with Gasteiger partial charge in [0.2, 0.25) is 5.91 Å². The van der Waals surface area contributed by atoms with Crippen LogP contribution in [0.25, 0.3) is 0 Å². The average molecular weight is 292 g/mol. The van der Waals surface area contributed by atoms with Gasteiger partial charge in [-0.05, 0) is 38.7 Å². The normalized spacial score (nSPS) is 33.5. The number of carbonyl (C=O) groups is 1. The molecule has 0 bridgehead atoms. The van der Waals surface area contributed by atoms with Crippen LogP contribution in [-0.4, -0.2) is 34.1 Å². The van der Waals surface area contributed by atoms with E-state index in [1.807, 2.05) is 6.92 Å². The molecule has 1 aromatic rings. The number of aliphatic hydroxyl groups excluding tert-OH is 1. The molecule has 1 aliphatic carbocycles. The second-order valence-corrected chi connectivity index (χ2v) is 6.02. The van der Waals surface area contributed by atoms with Crippen LogP contribution in [-0.2, 0) is 4.79 Å². The summed E-state index contributed by atoms with van der Waals surface area (Å²) in [6.45, 7) is 1.81. The Kier molecular flexibility index (Phi) is 3.95. The van der Waals surface area contributed by atoms with Gasteiger partial charge in [-0.25, -0.2) is 4.39 Å². The molecule has 0 spiro atoms. The largest absolute Gasteiger partial charge is 0.393 e. The number of amides is 1. The molecule has 1 saturated heterocycles. The van der Waals surface area contributed by atoms with Crippen molar-refractivity contribution in [2.75, 3.05) is 0 Å². The van der Waals surface area contributed by atoms with Crippen molar-refractivity contribution in [3.8, 4) is 0 Å². The third-order valence-electron chi connectivity index (χ3n) is 4.57. The number of rotatable bonds is 2. The minimum Gasteiger partial charge on any atom is -0.393 e. The van der Waals surface area contributed by atoms with E-state index in [9.17, 15) is 14.3 Å². The fourth-order valence-electron chi connectivity index (χ4n) is 3.40. The summed E-state index contributed by atoms with van der Waals surface area (Å²) in [6.07, 6.45) is 2.27. The fraction of sp³-hybridized carbons (Fsp3) is 0.562. The first kappa shape index (κ1) is 14.5. The van der Waals surface area contributed by atoms with E-state index in [4.69, 9.17) is 0 Å². The molecular weight excluding hydrogens is 271 g/mol. The highest BCUT2D eigenvalue weighted by atomic mass is 19.1. The summed E-state index contributed by atoms with van der Waals surface area (Å²) in [5, 5.41) is 12.8. The van der Waals surface area contributed by atoms with Crippen LogP contribution in [0.1, 0.15) is 44.3 Å². The van der Waals surface area contributed by atoms with Crippen LogP contribution in [0.5, 0.6) is 0 Å². The predicted octanol–water partition coefficient (Wildman–Crippen LogP) is 1.95. The van der Waals surface area contributed by atoms with Crippen LogP contribution in [0.2, 0.25) is 0 Å². The van der Waals surface area contributed by atoms with Crippen molar-refractivity contribution in [2.24, 2.45) is 0 Å². The van der Waals surface area contributed by atoms with Gasteiger partial charge in [-0.1, -0.05) is 18.2 Å². The summed E-state index contributed by atoms with van der Waals surface area (Å²) in [5.74, 6) is -0.276. The molecule has 2 aliphatic rings. The third-order valence-corrected chi connectivity index (χ3v) is 4.57. The summed E-state index contributed by atoms with van der Waals surface area (Å²) in [6, 6.07) is 6.36. The summed E-state index contributed by atoms with van der Waals surface area (Å²) < 4.78 is 14.1. The highest BCUT2D eigenvalue weighted by Crippen LogP contribution is 2.34. The van der Waals surface area contributed by atoms with Crippen LogP contribution in [0.15, 0.2) is 24.3 Å². The van der Waals surface area contributed by atoms with E-state index < -0.39 is 6.17 Å². The fourth-order valence-corrected chi connectivity index (χ4v) is 3.40. The van der Waals surface area contributed by atoms with Crippen molar-refractivity contribution in [2.45, 2.75) is 57.0 Å². The zero-order valence-electron chi connectivity index (χ0n) is 12.1. The van der Waals surface area contributed by atoms with E-state index in [0.29, 0.717) is 18.4 Å². The zero-order valence-corrected chi connectivity index (χ0v) is 12.1. The Hall–Kier alpha value is -1.46. The van der Waals surface area contributed by atoms with E-state index in [-0.39, 0.29) is 29.9 Å². The first-order valence-electron chi connectivity index (χ1n) is 7.58. The summed E-state index contributed by atoms with van der Waals surface area (Å²) >= 11 is 0. The highest BCUT2D eigenvalue weighted by molar-refractivity contribution is 5.84. The summed E-state index contributed by atoms with van der Waals surface area (Å²) in [5.41, 5.74) is 0.515. The lowest BCUT2D eigenvalue weighted by atomic mass is 9.91. The first-order valence-corrected chi connectivity index (χ1v) is 7.58. The van der Waals surface area contributed by atoms with E-state index in [1.165, 1.54) is 6.07 Å². The lowest BCUT2D eigenvalue weighted by Gasteiger charge is -2.36. The van der Waals surface area contributed by atoms with Crippen molar-refractivity contribution >= 4 is 5.91 Å². The molecule has 114 valence electrons. The molecule has 1 saturated carbocycles. The molecule has 1 heterocycles. The van der Waals surface area contributed by atoms with Crippen LogP contribution in [0.3, 0.4) is 0 Å².